The van der Waals surface area contributed by atoms with Crippen LogP contribution < -0.4 is 4.90 Å². The highest BCUT2D eigenvalue weighted by molar-refractivity contribution is 6.15. The molecule has 1 aliphatic heterocycles. The molecule has 4 nitrogen and oxygen atoms in total. The van der Waals surface area contributed by atoms with Crippen LogP contribution in [-0.2, 0) is 9.59 Å². The van der Waals surface area contributed by atoms with Gasteiger partial charge in [-0.05, 0) is 31.0 Å². The van der Waals surface area contributed by atoms with Crippen molar-refractivity contribution in [2.45, 2.75) is 32.1 Å². The van der Waals surface area contributed by atoms with E-state index in [1.807, 2.05) is 0 Å². The second-order valence-corrected chi connectivity index (χ2v) is 4.77. The molecule has 0 unspecified atom stereocenters. The van der Waals surface area contributed by atoms with Gasteiger partial charge in [0.1, 0.15) is 5.82 Å². The molecule has 2 rings (SSSR count). The molecule has 0 aromatic heterocycles. The Bertz CT molecular complexity index is 598. The summed E-state index contributed by atoms with van der Waals surface area (Å²) >= 11 is 0. The molecule has 0 aliphatic carbocycles. The molecule has 110 valence electrons. The lowest BCUT2D eigenvalue weighted by Crippen LogP contribution is -2.35. The SMILES string of the molecule is O=C1CCCCC(=O)N1c1ccc(C#CCCO)cc1F. The molecule has 0 atom stereocenters. The second kappa shape index (κ2) is 7.00. The molecule has 5 heteroatoms. The number of carbonyl (C=O) groups is 2. The van der Waals surface area contributed by atoms with E-state index in [-0.39, 0.29) is 37.0 Å². The van der Waals surface area contributed by atoms with Crippen LogP contribution >= 0.6 is 0 Å². The smallest absolute Gasteiger partial charge is 0.233 e. The largest absolute Gasteiger partial charge is 0.395 e. The molecule has 1 fully saturated rings. The number of nitrogens with zero attached hydrogens (tertiary/aromatic N) is 1. The Labute approximate surface area is 122 Å². The van der Waals surface area contributed by atoms with E-state index in [1.165, 1.54) is 12.1 Å². The Morgan fingerprint density at radius 3 is 2.43 bits per heavy atom. The van der Waals surface area contributed by atoms with Gasteiger partial charge in [-0.25, -0.2) is 9.29 Å². The third-order valence-corrected chi connectivity index (χ3v) is 3.19. The molecule has 0 saturated carbocycles. The van der Waals surface area contributed by atoms with Crippen LogP contribution in [0, 0.1) is 17.7 Å². The summed E-state index contributed by atoms with van der Waals surface area (Å²) in [6, 6.07) is 4.17. The summed E-state index contributed by atoms with van der Waals surface area (Å²) in [5.74, 6) is 4.03. The van der Waals surface area contributed by atoms with Crippen molar-refractivity contribution in [2.75, 3.05) is 11.5 Å². The minimum Gasteiger partial charge on any atom is -0.395 e. The maximum absolute atomic E-state index is 14.2. The Kier molecular flexibility index (Phi) is 5.07. The maximum atomic E-state index is 14.2. The van der Waals surface area contributed by atoms with Crippen molar-refractivity contribution in [1.29, 1.82) is 0 Å². The first-order chi connectivity index (χ1) is 10.1. The standard InChI is InChI=1S/C16H16FNO3/c17-13-11-12(5-3-4-10-19)8-9-14(13)18-15(20)6-1-2-7-16(18)21/h8-9,11,19H,1-2,4,6-7,10H2. The van der Waals surface area contributed by atoms with E-state index in [9.17, 15) is 14.0 Å². The Balaban J connectivity index is 2.29. The van der Waals surface area contributed by atoms with Crippen LogP contribution in [-0.4, -0.2) is 23.5 Å². The fraction of sp³-hybridized carbons (Fsp3) is 0.375. The molecule has 1 heterocycles. The second-order valence-electron chi connectivity index (χ2n) is 4.77. The Morgan fingerprint density at radius 2 is 1.86 bits per heavy atom. The number of rotatable bonds is 2. The van der Waals surface area contributed by atoms with Crippen molar-refractivity contribution in [3.63, 3.8) is 0 Å². The van der Waals surface area contributed by atoms with Gasteiger partial charge in [-0.3, -0.25) is 9.59 Å². The number of halogens is 1. The Morgan fingerprint density at radius 1 is 1.19 bits per heavy atom. The van der Waals surface area contributed by atoms with Gasteiger partial charge >= 0.3 is 0 Å². The number of hydrogen-bond acceptors (Lipinski definition) is 3. The van der Waals surface area contributed by atoms with E-state index >= 15 is 0 Å². The highest BCUT2D eigenvalue weighted by Crippen LogP contribution is 2.25. The minimum absolute atomic E-state index is 0.0143. The third-order valence-electron chi connectivity index (χ3n) is 3.19. The van der Waals surface area contributed by atoms with Crippen molar-refractivity contribution >= 4 is 17.5 Å². The van der Waals surface area contributed by atoms with Crippen LogP contribution in [0.5, 0.6) is 0 Å². The van der Waals surface area contributed by atoms with Gasteiger partial charge in [-0.2, -0.15) is 0 Å². The first-order valence-corrected chi connectivity index (χ1v) is 6.88. The minimum atomic E-state index is -0.644. The van der Waals surface area contributed by atoms with Crippen LogP contribution in [0.25, 0.3) is 0 Å². The van der Waals surface area contributed by atoms with Crippen molar-refractivity contribution in [3.8, 4) is 11.8 Å². The lowest BCUT2D eigenvalue weighted by atomic mass is 10.1. The molecule has 0 bridgehead atoms. The van der Waals surface area contributed by atoms with Crippen LogP contribution in [0.3, 0.4) is 0 Å². The first kappa shape index (κ1) is 15.2. The highest BCUT2D eigenvalue weighted by atomic mass is 19.1. The number of carbonyl (C=O) groups excluding carboxylic acids is 2. The normalized spacial score (nSPS) is 15.4. The summed E-state index contributed by atoms with van der Waals surface area (Å²) in [4.78, 5) is 24.8. The number of hydrogen-bond donors (Lipinski definition) is 1. The van der Waals surface area contributed by atoms with Crippen LogP contribution in [0.2, 0.25) is 0 Å². The van der Waals surface area contributed by atoms with E-state index in [2.05, 4.69) is 11.8 Å². The highest BCUT2D eigenvalue weighted by Gasteiger charge is 2.27. The molecule has 2 amide bonds. The molecule has 0 radical (unpaired) electrons. The first-order valence-electron chi connectivity index (χ1n) is 6.88. The maximum Gasteiger partial charge on any atom is 0.233 e. The van der Waals surface area contributed by atoms with E-state index in [0.717, 1.165) is 4.90 Å². The van der Waals surface area contributed by atoms with E-state index in [1.54, 1.807) is 6.07 Å². The van der Waals surface area contributed by atoms with Crippen molar-refractivity contribution < 1.29 is 19.1 Å². The number of benzene rings is 1. The fourth-order valence-corrected chi connectivity index (χ4v) is 2.17. The number of amides is 2. The van der Waals surface area contributed by atoms with Crippen molar-refractivity contribution in [3.05, 3.63) is 29.6 Å². The number of imide groups is 1. The van der Waals surface area contributed by atoms with Gasteiger partial charge in [0, 0.05) is 24.8 Å². The van der Waals surface area contributed by atoms with Crippen LogP contribution in [0.4, 0.5) is 10.1 Å². The average molecular weight is 289 g/mol. The average Bonchev–Trinajstić information content (AvgIpc) is 2.61. The summed E-state index contributed by atoms with van der Waals surface area (Å²) in [6.07, 6.45) is 2.11. The monoisotopic (exact) mass is 289 g/mol. The van der Waals surface area contributed by atoms with E-state index in [4.69, 9.17) is 5.11 Å². The summed E-state index contributed by atoms with van der Waals surface area (Å²) < 4.78 is 14.2. The third kappa shape index (κ3) is 3.67. The molecule has 1 aliphatic rings. The molecule has 1 aromatic rings. The van der Waals surface area contributed by atoms with Crippen LogP contribution in [0.1, 0.15) is 37.7 Å². The van der Waals surface area contributed by atoms with Gasteiger partial charge in [-0.1, -0.05) is 11.8 Å². The number of aliphatic hydroxyl groups is 1. The van der Waals surface area contributed by atoms with E-state index in [0.29, 0.717) is 24.8 Å². The molecule has 0 spiro atoms. The van der Waals surface area contributed by atoms with Gasteiger partial charge in [0.15, 0.2) is 0 Å². The van der Waals surface area contributed by atoms with Crippen molar-refractivity contribution in [1.82, 2.24) is 0 Å². The van der Waals surface area contributed by atoms with Gasteiger partial charge < -0.3 is 5.11 Å². The summed E-state index contributed by atoms with van der Waals surface area (Å²) in [5.41, 5.74) is 0.430. The lowest BCUT2D eigenvalue weighted by Gasteiger charge is -2.19. The quantitative estimate of drug-likeness (QED) is 0.669. The summed E-state index contributed by atoms with van der Waals surface area (Å²) in [6.45, 7) is -0.0512. The molecule has 1 aromatic carbocycles. The van der Waals surface area contributed by atoms with E-state index < -0.39 is 5.82 Å². The predicted molar refractivity (Wildman–Crippen MR) is 75.9 cm³/mol. The summed E-state index contributed by atoms with van der Waals surface area (Å²) in [5, 5.41) is 8.64. The number of anilines is 1. The lowest BCUT2D eigenvalue weighted by molar-refractivity contribution is -0.125. The zero-order chi connectivity index (χ0) is 15.2. The number of aliphatic hydroxyl groups excluding tert-OH is 1. The molecule has 1 saturated heterocycles. The topological polar surface area (TPSA) is 57.6 Å². The molecular weight excluding hydrogens is 273 g/mol. The van der Waals surface area contributed by atoms with Crippen molar-refractivity contribution in [2.24, 2.45) is 0 Å². The zero-order valence-electron chi connectivity index (χ0n) is 11.6. The Hall–Kier alpha value is -2.19. The zero-order valence-corrected chi connectivity index (χ0v) is 11.6. The molecule has 21 heavy (non-hydrogen) atoms. The van der Waals surface area contributed by atoms with Gasteiger partial charge in [0.25, 0.3) is 0 Å². The molecular formula is C16H16FNO3. The molecule has 1 N–H and O–H groups in total. The predicted octanol–water partition coefficient (Wildman–Crippen LogP) is 1.99. The van der Waals surface area contributed by atoms with Gasteiger partial charge in [0.05, 0.1) is 12.3 Å². The summed E-state index contributed by atoms with van der Waals surface area (Å²) in [7, 11) is 0. The fourth-order valence-electron chi connectivity index (χ4n) is 2.17. The van der Waals surface area contributed by atoms with Gasteiger partial charge in [-0.15, -0.1) is 0 Å². The van der Waals surface area contributed by atoms with Gasteiger partial charge in [0.2, 0.25) is 11.8 Å². The van der Waals surface area contributed by atoms with Crippen LogP contribution in [0.15, 0.2) is 18.2 Å².